The molecule has 1 aromatic rings. The van der Waals surface area contributed by atoms with Crippen LogP contribution in [0.25, 0.3) is 0 Å². The molecule has 1 N–H and O–H groups in total. The van der Waals surface area contributed by atoms with E-state index in [1.807, 2.05) is 31.2 Å². The molecule has 0 amide bonds. The van der Waals surface area contributed by atoms with Crippen LogP contribution in [0.3, 0.4) is 0 Å². The summed E-state index contributed by atoms with van der Waals surface area (Å²) in [5.74, 6) is 0. The van der Waals surface area contributed by atoms with Gasteiger partial charge in [0, 0.05) is 18.7 Å². The third-order valence-corrected chi connectivity index (χ3v) is 2.35. The molecule has 0 saturated carbocycles. The summed E-state index contributed by atoms with van der Waals surface area (Å²) in [6.45, 7) is 2.38. The Balaban J connectivity index is 2.37. The summed E-state index contributed by atoms with van der Waals surface area (Å²) in [5.41, 5.74) is 2.07. The van der Waals surface area contributed by atoms with Gasteiger partial charge in [-0.1, -0.05) is 25.1 Å². The molecule has 0 fully saturated rings. The monoisotopic (exact) mass is 231 g/mol. The van der Waals surface area contributed by atoms with Crippen molar-refractivity contribution in [1.29, 1.82) is 0 Å². The van der Waals surface area contributed by atoms with Crippen LogP contribution in [0, 0.1) is 0 Å². The molecule has 0 heterocycles. The molecule has 1 rings (SSSR count). The summed E-state index contributed by atoms with van der Waals surface area (Å²) in [4.78, 5) is 0. The van der Waals surface area contributed by atoms with Gasteiger partial charge in [0.1, 0.15) is 0 Å². The van der Waals surface area contributed by atoms with Crippen molar-refractivity contribution >= 4 is 5.69 Å². The normalized spacial score (nSPS) is 11.5. The fraction of sp³-hybridized carbons (Fsp3) is 0.500. The molecule has 0 saturated heterocycles. The van der Waals surface area contributed by atoms with Crippen molar-refractivity contribution in [2.45, 2.75) is 32.4 Å². The van der Waals surface area contributed by atoms with Gasteiger partial charge >= 0.3 is 6.18 Å². The van der Waals surface area contributed by atoms with Gasteiger partial charge in [0.15, 0.2) is 0 Å². The lowest BCUT2D eigenvalue weighted by Gasteiger charge is -2.11. The van der Waals surface area contributed by atoms with Crippen LogP contribution in [0.2, 0.25) is 0 Å². The molecule has 0 unspecified atom stereocenters. The number of alkyl halides is 3. The molecular formula is C12H16F3N. The van der Waals surface area contributed by atoms with E-state index in [0.29, 0.717) is 6.54 Å². The Kier molecular flexibility index (Phi) is 4.65. The maximum atomic E-state index is 11.9. The van der Waals surface area contributed by atoms with Gasteiger partial charge in [-0.05, 0) is 24.5 Å². The number of nitrogens with one attached hydrogen (secondary N) is 1. The maximum Gasteiger partial charge on any atom is 0.389 e. The van der Waals surface area contributed by atoms with E-state index in [2.05, 4.69) is 5.32 Å². The fourth-order valence-electron chi connectivity index (χ4n) is 1.51. The number of anilines is 1. The van der Waals surface area contributed by atoms with E-state index in [1.54, 1.807) is 0 Å². The number of para-hydroxylation sites is 1. The lowest BCUT2D eigenvalue weighted by Crippen LogP contribution is -2.11. The Hall–Kier alpha value is -1.19. The molecule has 0 aliphatic carbocycles. The summed E-state index contributed by atoms with van der Waals surface area (Å²) < 4.78 is 35.7. The van der Waals surface area contributed by atoms with Crippen molar-refractivity contribution < 1.29 is 13.2 Å². The SMILES string of the molecule is CCc1ccccc1NCCCC(F)(F)F. The van der Waals surface area contributed by atoms with Gasteiger partial charge < -0.3 is 5.32 Å². The van der Waals surface area contributed by atoms with Crippen LogP contribution in [0.5, 0.6) is 0 Å². The average Bonchev–Trinajstić information content (AvgIpc) is 2.23. The zero-order chi connectivity index (χ0) is 12.0. The zero-order valence-electron chi connectivity index (χ0n) is 9.27. The quantitative estimate of drug-likeness (QED) is 0.755. The minimum atomic E-state index is -4.05. The van der Waals surface area contributed by atoms with Crippen molar-refractivity contribution in [2.24, 2.45) is 0 Å². The highest BCUT2D eigenvalue weighted by Gasteiger charge is 2.25. The smallest absolute Gasteiger partial charge is 0.385 e. The number of hydrogen-bond donors (Lipinski definition) is 1. The van der Waals surface area contributed by atoms with E-state index in [0.717, 1.165) is 17.7 Å². The summed E-state index contributed by atoms with van der Waals surface area (Å²) in [7, 11) is 0. The Labute approximate surface area is 93.7 Å². The molecular weight excluding hydrogens is 215 g/mol. The first-order chi connectivity index (χ1) is 7.53. The van der Waals surface area contributed by atoms with E-state index in [-0.39, 0.29) is 6.42 Å². The first kappa shape index (κ1) is 12.9. The third-order valence-electron chi connectivity index (χ3n) is 2.35. The summed E-state index contributed by atoms with van der Waals surface area (Å²) >= 11 is 0. The van der Waals surface area contributed by atoms with E-state index >= 15 is 0 Å². The Morgan fingerprint density at radius 1 is 1.19 bits per heavy atom. The van der Waals surface area contributed by atoms with Crippen LogP contribution in [-0.2, 0) is 6.42 Å². The maximum absolute atomic E-state index is 11.9. The predicted octanol–water partition coefficient (Wildman–Crippen LogP) is 4.00. The lowest BCUT2D eigenvalue weighted by atomic mass is 10.1. The molecule has 0 radical (unpaired) electrons. The van der Waals surface area contributed by atoms with Gasteiger partial charge in [-0.2, -0.15) is 13.2 Å². The summed E-state index contributed by atoms with van der Waals surface area (Å²) in [6.07, 6.45) is -3.79. The van der Waals surface area contributed by atoms with Gasteiger partial charge in [0.2, 0.25) is 0 Å². The first-order valence-electron chi connectivity index (χ1n) is 5.41. The van der Waals surface area contributed by atoms with E-state index in [1.165, 1.54) is 0 Å². The van der Waals surface area contributed by atoms with Gasteiger partial charge in [-0.25, -0.2) is 0 Å². The first-order valence-corrected chi connectivity index (χ1v) is 5.41. The van der Waals surface area contributed by atoms with Crippen LogP contribution in [0.4, 0.5) is 18.9 Å². The Morgan fingerprint density at radius 2 is 1.88 bits per heavy atom. The highest BCUT2D eigenvalue weighted by molar-refractivity contribution is 5.50. The van der Waals surface area contributed by atoms with Crippen molar-refractivity contribution in [3.63, 3.8) is 0 Å². The Bertz CT molecular complexity index is 320. The molecule has 0 spiro atoms. The summed E-state index contributed by atoms with van der Waals surface area (Å²) in [6, 6.07) is 7.68. The zero-order valence-corrected chi connectivity index (χ0v) is 9.27. The molecule has 4 heteroatoms. The van der Waals surface area contributed by atoms with Crippen LogP contribution >= 0.6 is 0 Å². The number of rotatable bonds is 5. The molecule has 0 aliphatic heterocycles. The van der Waals surface area contributed by atoms with Crippen molar-refractivity contribution in [2.75, 3.05) is 11.9 Å². The van der Waals surface area contributed by atoms with Crippen molar-refractivity contribution in [3.8, 4) is 0 Å². The molecule has 16 heavy (non-hydrogen) atoms. The van der Waals surface area contributed by atoms with Gasteiger partial charge in [-0.3, -0.25) is 0 Å². The highest BCUT2D eigenvalue weighted by atomic mass is 19.4. The van der Waals surface area contributed by atoms with Gasteiger partial charge in [-0.15, -0.1) is 0 Å². The largest absolute Gasteiger partial charge is 0.389 e. The molecule has 1 nitrogen and oxygen atoms in total. The second kappa shape index (κ2) is 5.77. The highest BCUT2D eigenvalue weighted by Crippen LogP contribution is 2.21. The average molecular weight is 231 g/mol. The topological polar surface area (TPSA) is 12.0 Å². The van der Waals surface area contributed by atoms with Crippen LogP contribution < -0.4 is 5.32 Å². The van der Waals surface area contributed by atoms with Gasteiger partial charge in [0.05, 0.1) is 0 Å². The van der Waals surface area contributed by atoms with Crippen LogP contribution in [0.15, 0.2) is 24.3 Å². The standard InChI is InChI=1S/C12H16F3N/c1-2-10-6-3-4-7-11(10)16-9-5-8-12(13,14)15/h3-4,6-7,16H,2,5,8-9H2,1H3. The van der Waals surface area contributed by atoms with Crippen LogP contribution in [0.1, 0.15) is 25.3 Å². The minimum Gasteiger partial charge on any atom is -0.385 e. The van der Waals surface area contributed by atoms with Crippen molar-refractivity contribution in [1.82, 2.24) is 0 Å². The third kappa shape index (κ3) is 4.55. The minimum absolute atomic E-state index is 0.113. The van der Waals surface area contributed by atoms with E-state index < -0.39 is 12.6 Å². The second-order valence-corrected chi connectivity index (χ2v) is 3.66. The second-order valence-electron chi connectivity index (χ2n) is 3.66. The fourth-order valence-corrected chi connectivity index (χ4v) is 1.51. The molecule has 0 aromatic heterocycles. The van der Waals surface area contributed by atoms with Crippen molar-refractivity contribution in [3.05, 3.63) is 29.8 Å². The lowest BCUT2D eigenvalue weighted by molar-refractivity contribution is -0.134. The predicted molar refractivity (Wildman–Crippen MR) is 59.6 cm³/mol. The number of benzene rings is 1. The van der Waals surface area contributed by atoms with Gasteiger partial charge in [0.25, 0.3) is 0 Å². The molecule has 90 valence electrons. The molecule has 0 atom stereocenters. The summed E-state index contributed by atoms with van der Waals surface area (Å²) in [5, 5.41) is 3.04. The van der Waals surface area contributed by atoms with E-state index in [9.17, 15) is 13.2 Å². The molecule has 1 aromatic carbocycles. The molecule has 0 aliphatic rings. The van der Waals surface area contributed by atoms with Crippen LogP contribution in [-0.4, -0.2) is 12.7 Å². The molecule has 0 bridgehead atoms. The van der Waals surface area contributed by atoms with E-state index in [4.69, 9.17) is 0 Å². The number of hydrogen-bond acceptors (Lipinski definition) is 1. The Morgan fingerprint density at radius 3 is 2.50 bits per heavy atom. The number of halogens is 3. The number of aryl methyl sites for hydroxylation is 1.